The highest BCUT2D eigenvalue weighted by molar-refractivity contribution is 6.32. The second kappa shape index (κ2) is 6.71. The normalized spacial score (nSPS) is 16.6. The van der Waals surface area contributed by atoms with Crippen molar-refractivity contribution in [2.24, 2.45) is 5.73 Å². The number of hydrogen-bond donors (Lipinski definition) is 2. The number of nitrogens with one attached hydrogen (secondary N) is 1. The molecule has 1 fully saturated rings. The van der Waals surface area contributed by atoms with Gasteiger partial charge in [0.15, 0.2) is 0 Å². The topological polar surface area (TPSA) is 82.2 Å². The summed E-state index contributed by atoms with van der Waals surface area (Å²) < 4.78 is 0. The van der Waals surface area contributed by atoms with Crippen molar-refractivity contribution < 1.29 is 4.79 Å². The Kier molecular flexibility index (Phi) is 4.96. The SMILES string of the molecule is N#Cc1ccc(NC(=O)CN2CCC(N)CC2)cc1Cl. The summed E-state index contributed by atoms with van der Waals surface area (Å²) in [6.07, 6.45) is 1.85. The van der Waals surface area contributed by atoms with Crippen molar-refractivity contribution in [1.82, 2.24) is 4.90 Å². The highest BCUT2D eigenvalue weighted by Gasteiger charge is 2.18. The smallest absolute Gasteiger partial charge is 0.238 e. The summed E-state index contributed by atoms with van der Waals surface area (Å²) in [6.45, 7) is 2.05. The molecule has 0 bridgehead atoms. The number of benzene rings is 1. The van der Waals surface area contributed by atoms with E-state index in [0.29, 0.717) is 22.8 Å². The van der Waals surface area contributed by atoms with Gasteiger partial charge in [-0.25, -0.2) is 0 Å². The number of piperidine rings is 1. The second-order valence-electron chi connectivity index (χ2n) is 4.97. The van der Waals surface area contributed by atoms with Gasteiger partial charge in [0.05, 0.1) is 17.1 Å². The van der Waals surface area contributed by atoms with Gasteiger partial charge in [0.1, 0.15) is 6.07 Å². The van der Waals surface area contributed by atoms with Gasteiger partial charge in [-0.15, -0.1) is 0 Å². The van der Waals surface area contributed by atoms with E-state index in [9.17, 15) is 4.79 Å². The number of rotatable bonds is 3. The predicted octanol–water partition coefficient (Wildman–Crippen LogP) is 1.57. The summed E-state index contributed by atoms with van der Waals surface area (Å²) >= 11 is 5.92. The van der Waals surface area contributed by atoms with Crippen molar-refractivity contribution in [3.05, 3.63) is 28.8 Å². The Labute approximate surface area is 123 Å². The Hall–Kier alpha value is -1.61. The van der Waals surface area contributed by atoms with E-state index in [1.165, 1.54) is 0 Å². The fraction of sp³-hybridized carbons (Fsp3) is 0.429. The highest BCUT2D eigenvalue weighted by Crippen LogP contribution is 2.20. The van der Waals surface area contributed by atoms with E-state index >= 15 is 0 Å². The third-order valence-corrected chi connectivity index (χ3v) is 3.69. The molecule has 0 saturated carbocycles. The van der Waals surface area contributed by atoms with Crippen LogP contribution < -0.4 is 11.1 Å². The predicted molar refractivity (Wildman–Crippen MR) is 78.4 cm³/mol. The maximum absolute atomic E-state index is 11.9. The fourth-order valence-electron chi connectivity index (χ4n) is 2.20. The van der Waals surface area contributed by atoms with Crippen LogP contribution in [0.5, 0.6) is 0 Å². The molecule has 1 saturated heterocycles. The zero-order valence-electron chi connectivity index (χ0n) is 11.1. The maximum Gasteiger partial charge on any atom is 0.238 e. The van der Waals surface area contributed by atoms with Gasteiger partial charge < -0.3 is 11.1 Å². The second-order valence-corrected chi connectivity index (χ2v) is 5.38. The maximum atomic E-state index is 11.9. The molecule has 1 aromatic carbocycles. The molecule has 1 aliphatic heterocycles. The summed E-state index contributed by atoms with van der Waals surface area (Å²) in [4.78, 5) is 14.0. The van der Waals surface area contributed by atoms with E-state index in [4.69, 9.17) is 22.6 Å². The Morgan fingerprint density at radius 2 is 2.20 bits per heavy atom. The molecule has 1 aromatic rings. The van der Waals surface area contributed by atoms with E-state index < -0.39 is 0 Å². The van der Waals surface area contributed by atoms with Gasteiger partial charge in [-0.1, -0.05) is 11.6 Å². The number of anilines is 1. The molecule has 0 unspecified atom stereocenters. The molecule has 1 aliphatic rings. The summed E-state index contributed by atoms with van der Waals surface area (Å²) in [6, 6.07) is 7.09. The fourth-order valence-corrected chi connectivity index (χ4v) is 2.42. The molecule has 0 radical (unpaired) electrons. The summed E-state index contributed by atoms with van der Waals surface area (Å²) in [5.74, 6) is -0.0822. The zero-order valence-corrected chi connectivity index (χ0v) is 11.9. The van der Waals surface area contributed by atoms with Crippen LogP contribution in [0.3, 0.4) is 0 Å². The van der Waals surface area contributed by atoms with Crippen LogP contribution in [-0.4, -0.2) is 36.5 Å². The Morgan fingerprint density at radius 3 is 2.80 bits per heavy atom. The number of carbonyl (C=O) groups excluding carboxylic acids is 1. The Bertz CT molecular complexity index is 532. The lowest BCUT2D eigenvalue weighted by atomic mass is 10.1. The number of amides is 1. The quantitative estimate of drug-likeness (QED) is 0.886. The summed E-state index contributed by atoms with van der Waals surface area (Å²) in [7, 11) is 0. The first kappa shape index (κ1) is 14.8. The molecule has 0 atom stereocenters. The number of nitrogens with two attached hydrogens (primary N) is 1. The van der Waals surface area contributed by atoms with Crippen molar-refractivity contribution in [2.45, 2.75) is 18.9 Å². The lowest BCUT2D eigenvalue weighted by Crippen LogP contribution is -2.43. The van der Waals surface area contributed by atoms with E-state index in [1.807, 2.05) is 6.07 Å². The van der Waals surface area contributed by atoms with Crippen LogP contribution in [0.2, 0.25) is 5.02 Å². The molecule has 0 aromatic heterocycles. The summed E-state index contributed by atoms with van der Waals surface area (Å²) in [5.41, 5.74) is 6.83. The number of carbonyl (C=O) groups is 1. The molecule has 5 nitrogen and oxygen atoms in total. The van der Waals surface area contributed by atoms with E-state index in [-0.39, 0.29) is 11.9 Å². The molecule has 1 amide bonds. The average molecular weight is 293 g/mol. The first-order valence-corrected chi connectivity index (χ1v) is 6.93. The molecule has 3 N–H and O–H groups in total. The van der Waals surface area contributed by atoms with E-state index in [1.54, 1.807) is 18.2 Å². The van der Waals surface area contributed by atoms with Crippen molar-refractivity contribution in [3.63, 3.8) is 0 Å². The van der Waals surface area contributed by atoms with Crippen LogP contribution in [0.4, 0.5) is 5.69 Å². The minimum Gasteiger partial charge on any atom is -0.328 e. The van der Waals surface area contributed by atoms with Crippen molar-refractivity contribution in [3.8, 4) is 6.07 Å². The third kappa shape index (κ3) is 3.94. The van der Waals surface area contributed by atoms with Crippen LogP contribution in [-0.2, 0) is 4.79 Å². The zero-order chi connectivity index (χ0) is 14.5. The van der Waals surface area contributed by atoms with Gasteiger partial charge in [-0.05, 0) is 31.0 Å². The largest absolute Gasteiger partial charge is 0.328 e. The number of nitrogens with zero attached hydrogens (tertiary/aromatic N) is 2. The molecule has 1 heterocycles. The lowest BCUT2D eigenvalue weighted by molar-refractivity contribution is -0.117. The highest BCUT2D eigenvalue weighted by atomic mass is 35.5. The molecule has 0 aliphatic carbocycles. The van der Waals surface area contributed by atoms with Gasteiger partial charge in [0.25, 0.3) is 0 Å². The molecule has 6 heteroatoms. The average Bonchev–Trinajstić information content (AvgIpc) is 2.41. The summed E-state index contributed by atoms with van der Waals surface area (Å²) in [5, 5.41) is 11.9. The molecule has 106 valence electrons. The number of nitriles is 1. The Balaban J connectivity index is 1.88. The molecular formula is C14H17ClN4O. The molecular weight excluding hydrogens is 276 g/mol. The number of hydrogen-bond acceptors (Lipinski definition) is 4. The molecule has 2 rings (SSSR count). The number of likely N-dealkylation sites (tertiary alicyclic amines) is 1. The molecule has 0 spiro atoms. The lowest BCUT2D eigenvalue weighted by Gasteiger charge is -2.29. The minimum atomic E-state index is -0.0822. The van der Waals surface area contributed by atoms with Gasteiger partial charge >= 0.3 is 0 Å². The number of halogens is 1. The van der Waals surface area contributed by atoms with Gasteiger partial charge in [-0.2, -0.15) is 5.26 Å². The van der Waals surface area contributed by atoms with Crippen LogP contribution in [0.25, 0.3) is 0 Å². The van der Waals surface area contributed by atoms with Crippen LogP contribution in [0, 0.1) is 11.3 Å². The van der Waals surface area contributed by atoms with Gasteiger partial charge in [0, 0.05) is 24.8 Å². The van der Waals surface area contributed by atoms with Crippen LogP contribution in [0.15, 0.2) is 18.2 Å². The first-order chi connectivity index (χ1) is 9.58. The monoisotopic (exact) mass is 292 g/mol. The van der Waals surface area contributed by atoms with Crippen molar-refractivity contribution in [2.75, 3.05) is 25.0 Å². The standard InChI is InChI=1S/C14H17ClN4O/c15-13-7-12(2-1-10(13)8-16)18-14(20)9-19-5-3-11(17)4-6-19/h1-2,7,11H,3-6,9,17H2,(H,18,20). The van der Waals surface area contributed by atoms with Crippen molar-refractivity contribution >= 4 is 23.2 Å². The van der Waals surface area contributed by atoms with Crippen molar-refractivity contribution in [1.29, 1.82) is 5.26 Å². The van der Waals surface area contributed by atoms with Crippen LogP contribution in [0.1, 0.15) is 18.4 Å². The van der Waals surface area contributed by atoms with Gasteiger partial charge in [-0.3, -0.25) is 9.69 Å². The van der Waals surface area contributed by atoms with Gasteiger partial charge in [0.2, 0.25) is 5.91 Å². The Morgan fingerprint density at radius 1 is 1.50 bits per heavy atom. The third-order valence-electron chi connectivity index (χ3n) is 3.37. The minimum absolute atomic E-state index is 0.0822. The van der Waals surface area contributed by atoms with Crippen LogP contribution >= 0.6 is 11.6 Å². The van der Waals surface area contributed by atoms with E-state index in [0.717, 1.165) is 25.9 Å². The first-order valence-electron chi connectivity index (χ1n) is 6.56. The molecule has 20 heavy (non-hydrogen) atoms. The van der Waals surface area contributed by atoms with E-state index in [2.05, 4.69) is 10.2 Å².